The fourth-order valence-corrected chi connectivity index (χ4v) is 3.89. The van der Waals surface area contributed by atoms with E-state index < -0.39 is 0 Å². The minimum atomic E-state index is -0.144. The van der Waals surface area contributed by atoms with E-state index in [1.807, 2.05) is 43.4 Å². The third-order valence-corrected chi connectivity index (χ3v) is 5.66. The topological polar surface area (TPSA) is 76.5 Å². The van der Waals surface area contributed by atoms with Crippen LogP contribution in [0.5, 0.6) is 0 Å². The van der Waals surface area contributed by atoms with Gasteiger partial charge in [0.1, 0.15) is 5.82 Å². The van der Waals surface area contributed by atoms with Crippen molar-refractivity contribution in [2.75, 3.05) is 31.6 Å². The van der Waals surface area contributed by atoms with Crippen LogP contribution >= 0.6 is 0 Å². The van der Waals surface area contributed by atoms with E-state index in [9.17, 15) is 9.59 Å². The Morgan fingerprint density at radius 3 is 2.65 bits per heavy atom. The van der Waals surface area contributed by atoms with E-state index in [-0.39, 0.29) is 24.7 Å². The second-order valence-corrected chi connectivity index (χ2v) is 7.82. The Bertz CT molecular complexity index is 1070. The van der Waals surface area contributed by atoms with E-state index in [1.54, 1.807) is 4.90 Å². The molecule has 0 bridgehead atoms. The summed E-state index contributed by atoms with van der Waals surface area (Å²) < 4.78 is 7.39. The molecule has 31 heavy (non-hydrogen) atoms. The van der Waals surface area contributed by atoms with Gasteiger partial charge in [-0.3, -0.25) is 9.59 Å². The van der Waals surface area contributed by atoms with Crippen molar-refractivity contribution in [3.8, 4) is 0 Å². The van der Waals surface area contributed by atoms with Gasteiger partial charge in [-0.1, -0.05) is 24.3 Å². The highest BCUT2D eigenvalue weighted by Gasteiger charge is 2.17. The molecular weight excluding hydrogens is 392 g/mol. The van der Waals surface area contributed by atoms with Gasteiger partial charge in [-0.2, -0.15) is 0 Å². The number of morpholine rings is 1. The summed E-state index contributed by atoms with van der Waals surface area (Å²) in [5.74, 6) is 0.904. The number of ether oxygens (including phenoxy) is 1. The maximum Gasteiger partial charge on any atom is 0.224 e. The highest BCUT2D eigenvalue weighted by molar-refractivity contribution is 5.93. The average molecular weight is 421 g/mol. The highest BCUT2D eigenvalue weighted by Crippen LogP contribution is 2.17. The second kappa shape index (κ2) is 9.75. The van der Waals surface area contributed by atoms with Crippen LogP contribution in [0.15, 0.2) is 48.5 Å². The van der Waals surface area contributed by atoms with Gasteiger partial charge in [0.05, 0.1) is 24.2 Å². The minimum Gasteiger partial charge on any atom is -0.378 e. The van der Waals surface area contributed by atoms with Crippen LogP contribution in [0.1, 0.15) is 24.2 Å². The molecular formula is C24H28N4O3. The van der Waals surface area contributed by atoms with Gasteiger partial charge < -0.3 is 19.5 Å². The molecule has 162 valence electrons. The number of rotatable bonds is 7. The molecule has 1 aromatic heterocycles. The van der Waals surface area contributed by atoms with Crippen LogP contribution in [-0.4, -0.2) is 52.6 Å². The third-order valence-electron chi connectivity index (χ3n) is 5.66. The van der Waals surface area contributed by atoms with Gasteiger partial charge in [-0.05, 0) is 36.2 Å². The Balaban J connectivity index is 1.30. The molecule has 2 amide bonds. The minimum absolute atomic E-state index is 0.00894. The highest BCUT2D eigenvalue weighted by atomic mass is 16.5. The van der Waals surface area contributed by atoms with Crippen molar-refractivity contribution in [2.24, 2.45) is 7.05 Å². The van der Waals surface area contributed by atoms with E-state index in [1.165, 1.54) is 0 Å². The summed E-state index contributed by atoms with van der Waals surface area (Å²) in [6.45, 7) is 2.35. The number of aromatic nitrogens is 2. The Morgan fingerprint density at radius 1 is 1.03 bits per heavy atom. The summed E-state index contributed by atoms with van der Waals surface area (Å²) in [5, 5.41) is 2.92. The van der Waals surface area contributed by atoms with Gasteiger partial charge in [0, 0.05) is 45.1 Å². The Morgan fingerprint density at radius 2 is 1.84 bits per heavy atom. The zero-order valence-corrected chi connectivity index (χ0v) is 17.8. The number of hydrogen-bond acceptors (Lipinski definition) is 4. The molecule has 0 spiro atoms. The standard InChI is InChI=1S/C24H28N4O3/c1-27-21-8-3-2-7-20(21)26-22(27)10-9-18-5-4-6-19(17-18)25-23(29)11-12-24(30)28-13-15-31-16-14-28/h2-8,17H,9-16H2,1H3,(H,25,29). The molecule has 1 aliphatic rings. The second-order valence-electron chi connectivity index (χ2n) is 7.82. The van der Waals surface area contributed by atoms with Crippen LogP contribution in [0.3, 0.4) is 0 Å². The molecule has 0 aliphatic carbocycles. The number of amides is 2. The molecule has 2 aromatic carbocycles. The first kappa shape index (κ1) is 21.1. The number of fused-ring (bicyclic) bond motifs is 1. The maximum atomic E-state index is 12.3. The molecule has 0 unspecified atom stereocenters. The molecule has 2 heterocycles. The lowest BCUT2D eigenvalue weighted by atomic mass is 10.1. The Hall–Kier alpha value is -3.19. The number of nitrogens with one attached hydrogen (secondary N) is 1. The quantitative estimate of drug-likeness (QED) is 0.638. The lowest BCUT2D eigenvalue weighted by Crippen LogP contribution is -2.40. The van der Waals surface area contributed by atoms with Crippen LogP contribution in [0.2, 0.25) is 0 Å². The monoisotopic (exact) mass is 420 g/mol. The van der Waals surface area contributed by atoms with Gasteiger partial charge in [-0.15, -0.1) is 0 Å². The number of carbonyl (C=O) groups is 2. The molecule has 7 nitrogen and oxygen atoms in total. The molecule has 1 fully saturated rings. The summed E-state index contributed by atoms with van der Waals surface area (Å²) in [6.07, 6.45) is 2.05. The van der Waals surface area contributed by atoms with E-state index in [0.717, 1.165) is 41.0 Å². The van der Waals surface area contributed by atoms with E-state index in [4.69, 9.17) is 9.72 Å². The fraction of sp³-hybridized carbons (Fsp3) is 0.375. The average Bonchev–Trinajstić information content (AvgIpc) is 3.12. The number of aryl methyl sites for hydroxylation is 3. The van der Waals surface area contributed by atoms with Gasteiger partial charge in [-0.25, -0.2) is 4.98 Å². The van der Waals surface area contributed by atoms with E-state index in [0.29, 0.717) is 26.3 Å². The number of hydrogen-bond donors (Lipinski definition) is 1. The normalized spacial score (nSPS) is 14.0. The molecule has 4 rings (SSSR count). The molecule has 1 N–H and O–H groups in total. The van der Waals surface area contributed by atoms with Crippen molar-refractivity contribution in [1.82, 2.24) is 14.5 Å². The molecule has 3 aromatic rings. The SMILES string of the molecule is Cn1c(CCc2cccc(NC(=O)CCC(=O)N3CCOCC3)c2)nc2ccccc21. The number of imidazole rings is 1. The first-order valence-corrected chi connectivity index (χ1v) is 10.7. The predicted molar refractivity (Wildman–Crippen MR) is 120 cm³/mol. The predicted octanol–water partition coefficient (Wildman–Crippen LogP) is 2.94. The smallest absolute Gasteiger partial charge is 0.224 e. The Labute approximate surface area is 182 Å². The van der Waals surface area contributed by atoms with Gasteiger partial charge in [0.25, 0.3) is 0 Å². The number of nitrogens with zero attached hydrogens (tertiary/aromatic N) is 3. The number of para-hydroxylation sites is 2. The molecule has 0 saturated carbocycles. The number of benzene rings is 2. The Kier molecular flexibility index (Phi) is 6.62. The molecule has 7 heteroatoms. The van der Waals surface area contributed by atoms with Crippen LogP contribution in [-0.2, 0) is 34.2 Å². The summed E-state index contributed by atoms with van der Waals surface area (Å²) in [7, 11) is 2.04. The summed E-state index contributed by atoms with van der Waals surface area (Å²) in [6, 6.07) is 16.0. The van der Waals surface area contributed by atoms with Crippen molar-refractivity contribution in [1.29, 1.82) is 0 Å². The van der Waals surface area contributed by atoms with Gasteiger partial charge in [0.2, 0.25) is 11.8 Å². The summed E-state index contributed by atoms with van der Waals surface area (Å²) in [4.78, 5) is 31.0. The zero-order chi connectivity index (χ0) is 21.6. The first-order valence-electron chi connectivity index (χ1n) is 10.7. The maximum absolute atomic E-state index is 12.3. The van der Waals surface area contributed by atoms with Crippen molar-refractivity contribution in [3.63, 3.8) is 0 Å². The zero-order valence-electron chi connectivity index (χ0n) is 17.8. The van der Waals surface area contributed by atoms with Crippen molar-refractivity contribution in [3.05, 3.63) is 59.9 Å². The lowest BCUT2D eigenvalue weighted by Gasteiger charge is -2.26. The molecule has 0 radical (unpaired) electrons. The van der Waals surface area contributed by atoms with Gasteiger partial charge >= 0.3 is 0 Å². The van der Waals surface area contributed by atoms with Crippen molar-refractivity contribution in [2.45, 2.75) is 25.7 Å². The summed E-state index contributed by atoms with van der Waals surface area (Å²) >= 11 is 0. The van der Waals surface area contributed by atoms with E-state index >= 15 is 0 Å². The van der Waals surface area contributed by atoms with Crippen molar-refractivity contribution >= 4 is 28.5 Å². The van der Waals surface area contributed by atoms with Crippen LogP contribution in [0, 0.1) is 0 Å². The largest absolute Gasteiger partial charge is 0.378 e. The number of carbonyl (C=O) groups excluding carboxylic acids is 2. The lowest BCUT2D eigenvalue weighted by molar-refractivity contribution is -0.136. The first-order chi connectivity index (χ1) is 15.1. The van der Waals surface area contributed by atoms with Crippen LogP contribution in [0.25, 0.3) is 11.0 Å². The summed E-state index contributed by atoms with van der Waals surface area (Å²) in [5.41, 5.74) is 4.03. The van der Waals surface area contributed by atoms with Gasteiger partial charge in [0.15, 0.2) is 0 Å². The fourth-order valence-electron chi connectivity index (χ4n) is 3.89. The van der Waals surface area contributed by atoms with Crippen LogP contribution in [0.4, 0.5) is 5.69 Å². The molecule has 1 saturated heterocycles. The third kappa shape index (κ3) is 5.30. The van der Waals surface area contributed by atoms with E-state index in [2.05, 4.69) is 22.0 Å². The molecule has 0 atom stereocenters. The van der Waals surface area contributed by atoms with Crippen molar-refractivity contribution < 1.29 is 14.3 Å². The van der Waals surface area contributed by atoms with Crippen LogP contribution < -0.4 is 5.32 Å². The molecule has 1 aliphatic heterocycles. The number of anilines is 1.